The second-order valence-corrected chi connectivity index (χ2v) is 8.67. The lowest BCUT2D eigenvalue weighted by Crippen LogP contribution is -2.37. The summed E-state index contributed by atoms with van der Waals surface area (Å²) in [6.45, 7) is 0. The van der Waals surface area contributed by atoms with Crippen LogP contribution in [0.25, 0.3) is 0 Å². The first-order valence-corrected chi connectivity index (χ1v) is 9.74. The molecule has 1 aliphatic carbocycles. The van der Waals surface area contributed by atoms with E-state index >= 15 is 0 Å². The highest BCUT2D eigenvalue weighted by Gasteiger charge is 2.61. The van der Waals surface area contributed by atoms with Gasteiger partial charge in [0.15, 0.2) is 14.6 Å². The van der Waals surface area contributed by atoms with Gasteiger partial charge in [0.2, 0.25) is 5.91 Å². The summed E-state index contributed by atoms with van der Waals surface area (Å²) in [4.78, 5) is 12.9. The molecule has 1 saturated carbocycles. The van der Waals surface area contributed by atoms with Gasteiger partial charge in [0.25, 0.3) is 0 Å². The fourth-order valence-electron chi connectivity index (χ4n) is 2.71. The molecule has 0 aliphatic heterocycles. The highest BCUT2D eigenvalue weighted by molar-refractivity contribution is 7.94. The van der Waals surface area contributed by atoms with Gasteiger partial charge in [-0.3, -0.25) is 4.79 Å². The molecule has 8 heteroatoms. The Morgan fingerprint density at radius 3 is 2.27 bits per heavy atom. The number of hydrogen-bond acceptors (Lipinski definition) is 5. The zero-order valence-corrected chi connectivity index (χ0v) is 15.9. The van der Waals surface area contributed by atoms with Gasteiger partial charge in [-0.05, 0) is 49.2 Å². The smallest absolute Gasteiger partial charge is 0.246 e. The Labute approximate surface area is 157 Å². The van der Waals surface area contributed by atoms with Gasteiger partial charge in [0.1, 0.15) is 11.5 Å². The van der Waals surface area contributed by atoms with Crippen molar-refractivity contribution in [1.82, 2.24) is 0 Å². The Hall–Kier alpha value is -2.25. The van der Waals surface area contributed by atoms with Crippen molar-refractivity contribution in [3.8, 4) is 11.5 Å². The maximum Gasteiger partial charge on any atom is 0.246 e. The number of nitrogens with one attached hydrogen (secondary N) is 1. The molecule has 6 nitrogen and oxygen atoms in total. The summed E-state index contributed by atoms with van der Waals surface area (Å²) in [5, 5.41) is 3.11. The predicted octanol–water partition coefficient (Wildman–Crippen LogP) is 3.30. The van der Waals surface area contributed by atoms with Crippen molar-refractivity contribution in [3.63, 3.8) is 0 Å². The van der Waals surface area contributed by atoms with Crippen LogP contribution in [0.1, 0.15) is 12.8 Å². The van der Waals surface area contributed by atoms with Crippen molar-refractivity contribution in [2.75, 3.05) is 19.5 Å². The normalized spacial score (nSPS) is 15.2. The third-order valence-electron chi connectivity index (χ3n) is 4.41. The average molecular weight is 396 g/mol. The minimum Gasteiger partial charge on any atom is -0.497 e. The fraction of sp³-hybridized carbons (Fsp3) is 0.278. The van der Waals surface area contributed by atoms with Gasteiger partial charge in [-0.15, -0.1) is 0 Å². The van der Waals surface area contributed by atoms with Gasteiger partial charge in [-0.1, -0.05) is 11.6 Å². The molecule has 0 spiro atoms. The van der Waals surface area contributed by atoms with E-state index in [9.17, 15) is 13.2 Å². The van der Waals surface area contributed by atoms with E-state index in [0.717, 1.165) is 0 Å². The van der Waals surface area contributed by atoms with E-state index in [0.29, 0.717) is 22.2 Å². The molecule has 0 bridgehead atoms. The predicted molar refractivity (Wildman–Crippen MR) is 98.8 cm³/mol. The molecule has 0 radical (unpaired) electrons. The molecule has 0 aromatic heterocycles. The van der Waals surface area contributed by atoms with Crippen molar-refractivity contribution in [2.45, 2.75) is 22.5 Å². The van der Waals surface area contributed by atoms with Crippen LogP contribution >= 0.6 is 11.6 Å². The number of hydrogen-bond donors (Lipinski definition) is 1. The molecule has 0 saturated heterocycles. The van der Waals surface area contributed by atoms with Gasteiger partial charge in [-0.2, -0.15) is 0 Å². The minimum atomic E-state index is -3.83. The van der Waals surface area contributed by atoms with E-state index in [1.807, 2.05) is 0 Å². The van der Waals surface area contributed by atoms with Crippen LogP contribution in [0.3, 0.4) is 0 Å². The Balaban J connectivity index is 1.89. The average Bonchev–Trinajstić information content (AvgIpc) is 3.45. The monoisotopic (exact) mass is 395 g/mol. The molecule has 1 N–H and O–H groups in total. The number of ether oxygens (including phenoxy) is 2. The zero-order chi connectivity index (χ0) is 18.9. The van der Waals surface area contributed by atoms with E-state index in [4.69, 9.17) is 21.1 Å². The summed E-state index contributed by atoms with van der Waals surface area (Å²) in [7, 11) is -0.853. The van der Waals surface area contributed by atoms with Crippen LogP contribution in [-0.2, 0) is 14.6 Å². The van der Waals surface area contributed by atoms with Crippen LogP contribution in [0.5, 0.6) is 11.5 Å². The Morgan fingerprint density at radius 2 is 1.73 bits per heavy atom. The van der Waals surface area contributed by atoms with Crippen molar-refractivity contribution >= 4 is 33.0 Å². The van der Waals surface area contributed by atoms with Crippen LogP contribution in [0.2, 0.25) is 5.02 Å². The lowest BCUT2D eigenvalue weighted by molar-refractivity contribution is -0.116. The standard InChI is InChI=1S/C18H18ClNO5S/c1-24-13-5-8-15(16(11-13)25-2)20-17(21)18(9-10-18)26(22,23)14-6-3-12(19)4-7-14/h3-8,11H,9-10H2,1-2H3,(H,20,21). The maximum atomic E-state index is 13.0. The van der Waals surface area contributed by atoms with Gasteiger partial charge < -0.3 is 14.8 Å². The van der Waals surface area contributed by atoms with Gasteiger partial charge in [-0.25, -0.2) is 8.42 Å². The molecule has 1 amide bonds. The van der Waals surface area contributed by atoms with Crippen molar-refractivity contribution in [1.29, 1.82) is 0 Å². The second kappa shape index (κ2) is 6.81. The van der Waals surface area contributed by atoms with Crippen LogP contribution in [0.4, 0.5) is 5.69 Å². The topological polar surface area (TPSA) is 81.7 Å². The van der Waals surface area contributed by atoms with Crippen molar-refractivity contribution in [3.05, 3.63) is 47.5 Å². The van der Waals surface area contributed by atoms with Gasteiger partial charge in [0, 0.05) is 11.1 Å². The fourth-order valence-corrected chi connectivity index (χ4v) is 4.71. The van der Waals surface area contributed by atoms with Crippen LogP contribution in [0, 0.1) is 0 Å². The molecular formula is C18H18ClNO5S. The largest absolute Gasteiger partial charge is 0.497 e. The second-order valence-electron chi connectivity index (χ2n) is 5.97. The molecule has 2 aromatic carbocycles. The van der Waals surface area contributed by atoms with E-state index in [2.05, 4.69) is 5.32 Å². The summed E-state index contributed by atoms with van der Waals surface area (Å²) < 4.78 is 34.8. The first-order chi connectivity index (χ1) is 12.3. The molecule has 138 valence electrons. The molecule has 1 fully saturated rings. The molecule has 3 rings (SSSR count). The van der Waals surface area contributed by atoms with Crippen LogP contribution < -0.4 is 14.8 Å². The van der Waals surface area contributed by atoms with Gasteiger partial charge in [0.05, 0.1) is 24.8 Å². The van der Waals surface area contributed by atoms with Crippen LogP contribution in [0.15, 0.2) is 47.4 Å². The number of anilines is 1. The highest BCUT2D eigenvalue weighted by atomic mass is 35.5. The third kappa shape index (κ3) is 3.12. The summed E-state index contributed by atoms with van der Waals surface area (Å²) in [6, 6.07) is 10.7. The lowest BCUT2D eigenvalue weighted by Gasteiger charge is -2.18. The number of carbonyl (C=O) groups excluding carboxylic acids is 1. The molecule has 0 atom stereocenters. The number of amides is 1. The highest BCUT2D eigenvalue weighted by Crippen LogP contribution is 2.48. The maximum absolute atomic E-state index is 13.0. The Morgan fingerprint density at radius 1 is 1.08 bits per heavy atom. The number of methoxy groups -OCH3 is 2. The number of sulfone groups is 1. The zero-order valence-electron chi connectivity index (χ0n) is 14.3. The van der Waals surface area contributed by atoms with Gasteiger partial charge >= 0.3 is 0 Å². The molecule has 26 heavy (non-hydrogen) atoms. The van der Waals surface area contributed by atoms with Crippen molar-refractivity contribution in [2.24, 2.45) is 0 Å². The van der Waals surface area contributed by atoms with E-state index in [1.165, 1.54) is 38.5 Å². The molecule has 2 aromatic rings. The summed E-state index contributed by atoms with van der Waals surface area (Å²) in [5.74, 6) is 0.378. The molecule has 0 unspecified atom stereocenters. The number of rotatable bonds is 6. The van der Waals surface area contributed by atoms with E-state index in [1.54, 1.807) is 18.2 Å². The third-order valence-corrected chi connectivity index (χ3v) is 7.18. The van der Waals surface area contributed by atoms with E-state index < -0.39 is 20.5 Å². The number of halogens is 1. The van der Waals surface area contributed by atoms with E-state index in [-0.39, 0.29) is 17.7 Å². The Kier molecular flexibility index (Phi) is 4.86. The quantitative estimate of drug-likeness (QED) is 0.811. The molecular weight excluding hydrogens is 378 g/mol. The van der Waals surface area contributed by atoms with Crippen molar-refractivity contribution < 1.29 is 22.7 Å². The SMILES string of the molecule is COc1ccc(NC(=O)C2(S(=O)(=O)c3ccc(Cl)cc3)CC2)c(OC)c1. The Bertz CT molecular complexity index is 937. The number of carbonyl (C=O) groups is 1. The summed E-state index contributed by atoms with van der Waals surface area (Å²) in [5.41, 5.74) is 0.385. The summed E-state index contributed by atoms with van der Waals surface area (Å²) in [6.07, 6.45) is 0.532. The number of benzene rings is 2. The minimum absolute atomic E-state index is 0.0799. The molecule has 1 aliphatic rings. The van der Waals surface area contributed by atoms with Crippen LogP contribution in [-0.4, -0.2) is 33.3 Å². The first kappa shape index (κ1) is 18.5. The molecule has 0 heterocycles. The summed E-state index contributed by atoms with van der Waals surface area (Å²) >= 11 is 5.82. The first-order valence-electron chi connectivity index (χ1n) is 7.88. The lowest BCUT2D eigenvalue weighted by atomic mass is 10.2.